The van der Waals surface area contributed by atoms with Crippen LogP contribution in [0.5, 0.6) is 5.75 Å². The Labute approximate surface area is 176 Å². The van der Waals surface area contributed by atoms with E-state index < -0.39 is 22.8 Å². The summed E-state index contributed by atoms with van der Waals surface area (Å²) >= 11 is 0. The number of furan rings is 1. The number of nitrogens with one attached hydrogen (secondary N) is 1. The van der Waals surface area contributed by atoms with Crippen molar-refractivity contribution in [3.05, 3.63) is 63.2 Å². The molecule has 0 saturated carbocycles. The molecule has 1 aromatic heterocycles. The lowest BCUT2D eigenvalue weighted by atomic mass is 10.1. The fourth-order valence-corrected chi connectivity index (χ4v) is 2.82. The van der Waals surface area contributed by atoms with Crippen LogP contribution >= 0.6 is 0 Å². The van der Waals surface area contributed by atoms with Gasteiger partial charge in [0, 0.05) is 17.7 Å². The smallest absolute Gasteiger partial charge is 0.373 e. The van der Waals surface area contributed by atoms with Gasteiger partial charge in [-0.1, -0.05) is 0 Å². The van der Waals surface area contributed by atoms with Gasteiger partial charge in [0.15, 0.2) is 0 Å². The molecular formula is C20H19N3O8. The number of esters is 1. The van der Waals surface area contributed by atoms with Crippen LogP contribution in [0.15, 0.2) is 40.4 Å². The Morgan fingerprint density at radius 2 is 2.03 bits per heavy atom. The molecule has 0 unspecified atom stereocenters. The first kappa shape index (κ1) is 21.6. The van der Waals surface area contributed by atoms with E-state index in [0.717, 1.165) is 4.90 Å². The predicted molar refractivity (Wildman–Crippen MR) is 106 cm³/mol. The quantitative estimate of drug-likeness (QED) is 0.233. The van der Waals surface area contributed by atoms with Gasteiger partial charge < -0.3 is 19.2 Å². The highest BCUT2D eigenvalue weighted by Crippen LogP contribution is 2.28. The number of hydrogen-bond donors (Lipinski definition) is 1. The van der Waals surface area contributed by atoms with Gasteiger partial charge in [-0.05, 0) is 38.1 Å². The molecule has 0 spiro atoms. The van der Waals surface area contributed by atoms with Crippen molar-refractivity contribution in [3.63, 3.8) is 0 Å². The summed E-state index contributed by atoms with van der Waals surface area (Å²) in [6.07, 6.45) is 1.10. The van der Waals surface area contributed by atoms with Gasteiger partial charge in [-0.25, -0.2) is 9.59 Å². The third-order valence-corrected chi connectivity index (χ3v) is 4.19. The Balaban J connectivity index is 1.87. The van der Waals surface area contributed by atoms with Gasteiger partial charge in [0.25, 0.3) is 11.6 Å². The molecule has 1 aromatic carbocycles. The fourth-order valence-electron chi connectivity index (χ4n) is 2.82. The average molecular weight is 429 g/mol. The van der Waals surface area contributed by atoms with Crippen molar-refractivity contribution >= 4 is 29.7 Å². The summed E-state index contributed by atoms with van der Waals surface area (Å²) in [6, 6.07) is 6.09. The Hall–Kier alpha value is -4.15. The van der Waals surface area contributed by atoms with E-state index in [1.54, 1.807) is 13.8 Å². The van der Waals surface area contributed by atoms with Crippen molar-refractivity contribution in [2.75, 3.05) is 7.11 Å². The summed E-state index contributed by atoms with van der Waals surface area (Å²) in [5.41, 5.74) is -0.0132. The molecule has 2 heterocycles. The number of benzene rings is 1. The summed E-state index contributed by atoms with van der Waals surface area (Å²) in [5, 5.41) is 13.6. The summed E-state index contributed by atoms with van der Waals surface area (Å²) in [7, 11) is 1.20. The van der Waals surface area contributed by atoms with Gasteiger partial charge in [0.05, 0.1) is 24.7 Å². The highest BCUT2D eigenvalue weighted by Gasteiger charge is 2.34. The zero-order valence-corrected chi connectivity index (χ0v) is 16.9. The summed E-state index contributed by atoms with van der Waals surface area (Å²) in [6.45, 7) is 3.35. The maximum atomic E-state index is 12.7. The fraction of sp³-hybridized carbons (Fsp3) is 0.250. The highest BCUT2D eigenvalue weighted by atomic mass is 16.6. The normalized spacial score (nSPS) is 14.8. The predicted octanol–water partition coefficient (Wildman–Crippen LogP) is 2.85. The molecule has 3 rings (SSSR count). The van der Waals surface area contributed by atoms with Crippen molar-refractivity contribution < 1.29 is 33.2 Å². The number of non-ortho nitro benzene ring substituents is 1. The Morgan fingerprint density at radius 3 is 2.68 bits per heavy atom. The second-order valence-electron chi connectivity index (χ2n) is 6.78. The number of urea groups is 1. The van der Waals surface area contributed by atoms with E-state index in [1.807, 2.05) is 0 Å². The van der Waals surface area contributed by atoms with Crippen LogP contribution < -0.4 is 10.1 Å². The lowest BCUT2D eigenvalue weighted by Crippen LogP contribution is -2.30. The maximum absolute atomic E-state index is 12.7. The van der Waals surface area contributed by atoms with Crippen LogP contribution in [0.2, 0.25) is 0 Å². The molecule has 0 aliphatic carbocycles. The van der Waals surface area contributed by atoms with Gasteiger partial charge in [-0.15, -0.1) is 0 Å². The van der Waals surface area contributed by atoms with Crippen LogP contribution in [0.3, 0.4) is 0 Å². The first-order valence-corrected chi connectivity index (χ1v) is 9.16. The van der Waals surface area contributed by atoms with Gasteiger partial charge in [-0.3, -0.25) is 19.8 Å². The monoisotopic (exact) mass is 429 g/mol. The topological polar surface area (TPSA) is 141 Å². The molecule has 1 aliphatic heterocycles. The molecule has 11 heteroatoms. The average Bonchev–Trinajstić information content (AvgIpc) is 3.28. The Kier molecular flexibility index (Phi) is 6.05. The minimum Gasteiger partial charge on any atom is -0.490 e. The van der Waals surface area contributed by atoms with Crippen LogP contribution in [-0.4, -0.2) is 40.9 Å². The van der Waals surface area contributed by atoms with Gasteiger partial charge in [-0.2, -0.15) is 0 Å². The molecule has 31 heavy (non-hydrogen) atoms. The Morgan fingerprint density at radius 1 is 1.29 bits per heavy atom. The number of nitrogens with zero attached hydrogens (tertiary/aromatic N) is 2. The first-order chi connectivity index (χ1) is 14.7. The zero-order valence-electron chi connectivity index (χ0n) is 16.9. The number of carbonyl (C=O) groups is 3. The molecule has 162 valence electrons. The second kappa shape index (κ2) is 8.69. The number of ether oxygens (including phenoxy) is 2. The van der Waals surface area contributed by atoms with Crippen LogP contribution in [0, 0.1) is 10.1 Å². The molecule has 2 aromatic rings. The number of nitro groups is 1. The van der Waals surface area contributed by atoms with E-state index in [9.17, 15) is 24.5 Å². The summed E-state index contributed by atoms with van der Waals surface area (Å²) in [5.74, 6) is -0.894. The van der Waals surface area contributed by atoms with E-state index in [4.69, 9.17) is 9.15 Å². The van der Waals surface area contributed by atoms with Gasteiger partial charge in [0.2, 0.25) is 5.76 Å². The van der Waals surface area contributed by atoms with E-state index >= 15 is 0 Å². The second-order valence-corrected chi connectivity index (χ2v) is 6.78. The van der Waals surface area contributed by atoms with Crippen LogP contribution in [-0.2, 0) is 16.1 Å². The number of carbonyl (C=O) groups excluding carboxylic acids is 3. The molecule has 11 nitrogen and oxygen atoms in total. The summed E-state index contributed by atoms with van der Waals surface area (Å²) < 4.78 is 15.5. The standard InChI is InChI=1S/C20H19N3O8/c1-11(2)30-16-6-4-13(23(27)28)8-12(16)9-15-18(24)22(20(26)21-15)10-14-5-7-17(31-14)19(25)29-3/h4-9,11H,10H2,1-3H3,(H,21,26)/b15-9-. The van der Waals surface area contributed by atoms with Gasteiger partial charge in [0.1, 0.15) is 17.2 Å². The first-order valence-electron chi connectivity index (χ1n) is 9.16. The molecule has 3 amide bonds. The highest BCUT2D eigenvalue weighted by molar-refractivity contribution is 6.14. The lowest BCUT2D eigenvalue weighted by molar-refractivity contribution is -0.384. The van der Waals surface area contributed by atoms with E-state index in [-0.39, 0.29) is 41.1 Å². The van der Waals surface area contributed by atoms with E-state index in [0.29, 0.717) is 5.75 Å². The van der Waals surface area contributed by atoms with Crippen molar-refractivity contribution in [2.45, 2.75) is 26.5 Å². The Bertz CT molecular complexity index is 1090. The van der Waals surface area contributed by atoms with Crippen LogP contribution in [0.4, 0.5) is 10.5 Å². The number of imide groups is 1. The molecule has 0 radical (unpaired) electrons. The lowest BCUT2D eigenvalue weighted by Gasteiger charge is -2.12. The molecule has 0 atom stereocenters. The molecule has 1 fully saturated rings. The van der Waals surface area contributed by atoms with Crippen LogP contribution in [0.1, 0.15) is 35.7 Å². The molecular weight excluding hydrogens is 410 g/mol. The van der Waals surface area contributed by atoms with Crippen LogP contribution in [0.25, 0.3) is 6.08 Å². The number of rotatable bonds is 7. The van der Waals surface area contributed by atoms with Crippen molar-refractivity contribution in [1.29, 1.82) is 0 Å². The number of nitro benzene ring substituents is 1. The SMILES string of the molecule is COC(=O)c1ccc(CN2C(=O)N/C(=C\c3cc([N+](=O)[O-])ccc3OC(C)C)C2=O)o1. The third-order valence-electron chi connectivity index (χ3n) is 4.19. The van der Waals surface area contributed by atoms with Crippen molar-refractivity contribution in [1.82, 2.24) is 10.2 Å². The number of methoxy groups -OCH3 is 1. The van der Waals surface area contributed by atoms with Gasteiger partial charge >= 0.3 is 12.0 Å². The maximum Gasteiger partial charge on any atom is 0.373 e. The number of hydrogen-bond acceptors (Lipinski definition) is 8. The molecule has 1 aliphatic rings. The third kappa shape index (κ3) is 4.71. The largest absolute Gasteiger partial charge is 0.490 e. The minimum atomic E-state index is -0.705. The summed E-state index contributed by atoms with van der Waals surface area (Å²) in [4.78, 5) is 48.0. The minimum absolute atomic E-state index is 0.0626. The zero-order chi connectivity index (χ0) is 22.7. The molecule has 0 bridgehead atoms. The molecule has 1 saturated heterocycles. The molecule has 1 N–H and O–H groups in total. The van der Waals surface area contributed by atoms with Crippen molar-refractivity contribution in [2.24, 2.45) is 0 Å². The van der Waals surface area contributed by atoms with E-state index in [1.165, 1.54) is 43.5 Å². The number of amides is 3. The van der Waals surface area contributed by atoms with E-state index in [2.05, 4.69) is 10.1 Å². The van der Waals surface area contributed by atoms with Crippen molar-refractivity contribution in [3.8, 4) is 5.75 Å².